The zero-order valence-corrected chi connectivity index (χ0v) is 19.8. The molecule has 11 heteroatoms. The lowest BCUT2D eigenvalue weighted by Gasteiger charge is -2.38. The van der Waals surface area contributed by atoms with E-state index in [4.69, 9.17) is 4.74 Å². The molecule has 2 aliphatic rings. The van der Waals surface area contributed by atoms with Crippen LogP contribution in [0.25, 0.3) is 0 Å². The summed E-state index contributed by atoms with van der Waals surface area (Å²) in [5.41, 5.74) is 1.23. The smallest absolute Gasteiger partial charge is 0.316 e. The summed E-state index contributed by atoms with van der Waals surface area (Å²) in [6.45, 7) is 5.96. The number of ether oxygens (including phenoxy) is 1. The molecular weight excluding hydrogens is 460 g/mol. The van der Waals surface area contributed by atoms with Crippen LogP contribution < -0.4 is 10.9 Å². The molecule has 1 aliphatic heterocycles. The number of aromatic nitrogens is 2. The molecule has 0 bridgehead atoms. The second-order valence-corrected chi connectivity index (χ2v) is 9.93. The molecule has 1 aromatic heterocycles. The average molecular weight is 485 g/mol. The van der Waals surface area contributed by atoms with Crippen LogP contribution in [-0.4, -0.2) is 39.0 Å². The summed E-state index contributed by atoms with van der Waals surface area (Å²) in [6.07, 6.45) is 0.905. The van der Waals surface area contributed by atoms with Crippen LogP contribution in [0, 0.1) is 15.5 Å². The standard InChI is InChI=1S/C23H24N4O6S/c1-4-33-16(29)11-34-22-25-20-19(21(30)26-22)17(12-5-7-13(8-6-12)27(31)32)18-14(24-20)9-23(2,3)10-15(18)28/h5-8,17H,4,9-11H2,1-3H3,(H2,24,25,26,30). The van der Waals surface area contributed by atoms with E-state index >= 15 is 0 Å². The van der Waals surface area contributed by atoms with Gasteiger partial charge in [0, 0.05) is 35.7 Å². The Labute approximate surface area is 199 Å². The second kappa shape index (κ2) is 9.05. The van der Waals surface area contributed by atoms with Gasteiger partial charge in [0.25, 0.3) is 11.2 Å². The number of carbonyl (C=O) groups is 2. The minimum atomic E-state index is -0.712. The molecule has 34 heavy (non-hydrogen) atoms. The molecule has 1 atom stereocenters. The maximum Gasteiger partial charge on any atom is 0.316 e. The lowest BCUT2D eigenvalue weighted by atomic mass is 9.69. The first kappa shape index (κ1) is 23.7. The molecule has 0 spiro atoms. The highest BCUT2D eigenvalue weighted by Crippen LogP contribution is 2.47. The molecule has 2 heterocycles. The number of H-pyrrole nitrogens is 1. The van der Waals surface area contributed by atoms with Crippen LogP contribution in [0.1, 0.15) is 50.7 Å². The van der Waals surface area contributed by atoms with Crippen molar-refractivity contribution in [2.75, 3.05) is 17.7 Å². The highest BCUT2D eigenvalue weighted by atomic mass is 32.2. The molecule has 2 N–H and O–H groups in total. The second-order valence-electron chi connectivity index (χ2n) is 8.97. The van der Waals surface area contributed by atoms with E-state index in [1.54, 1.807) is 19.1 Å². The first-order valence-electron chi connectivity index (χ1n) is 10.8. The number of nitrogens with zero attached hydrogens (tertiary/aromatic N) is 2. The van der Waals surface area contributed by atoms with Gasteiger partial charge in [0.05, 0.1) is 22.8 Å². The minimum Gasteiger partial charge on any atom is -0.465 e. The fraction of sp³-hybridized carbons (Fsp3) is 0.391. The normalized spacial score (nSPS) is 18.6. The molecule has 0 saturated carbocycles. The summed E-state index contributed by atoms with van der Waals surface area (Å²) in [5.74, 6) is -0.915. The number of nitro groups is 1. The Bertz CT molecular complexity index is 1270. The lowest BCUT2D eigenvalue weighted by molar-refractivity contribution is -0.384. The maximum absolute atomic E-state index is 13.2. The molecule has 0 radical (unpaired) electrons. The number of thioether (sulfide) groups is 1. The van der Waals surface area contributed by atoms with E-state index in [9.17, 15) is 24.5 Å². The van der Waals surface area contributed by atoms with Crippen LogP contribution in [-0.2, 0) is 14.3 Å². The number of carbonyl (C=O) groups excluding carboxylic acids is 2. The van der Waals surface area contributed by atoms with Crippen LogP contribution in [0.5, 0.6) is 0 Å². The molecule has 1 aromatic carbocycles. The number of hydrogen-bond acceptors (Lipinski definition) is 9. The number of Topliss-reactive ketones (excluding diaryl/α,β-unsaturated/α-hetero) is 1. The fourth-order valence-electron chi connectivity index (χ4n) is 4.41. The van der Waals surface area contributed by atoms with Gasteiger partial charge in [-0.1, -0.05) is 37.7 Å². The Morgan fingerprint density at radius 1 is 1.26 bits per heavy atom. The number of nitrogens with one attached hydrogen (secondary N) is 2. The van der Waals surface area contributed by atoms with Gasteiger partial charge >= 0.3 is 5.97 Å². The molecule has 2 aromatic rings. The van der Waals surface area contributed by atoms with Crippen LogP contribution in [0.4, 0.5) is 11.5 Å². The van der Waals surface area contributed by atoms with E-state index in [-0.39, 0.29) is 40.0 Å². The van der Waals surface area contributed by atoms with Crippen molar-refractivity contribution in [2.24, 2.45) is 5.41 Å². The van der Waals surface area contributed by atoms with E-state index in [0.717, 1.165) is 11.8 Å². The average Bonchev–Trinajstić information content (AvgIpc) is 2.75. The van der Waals surface area contributed by atoms with Gasteiger partial charge in [0.2, 0.25) is 0 Å². The summed E-state index contributed by atoms with van der Waals surface area (Å²) < 4.78 is 4.93. The molecule has 1 aliphatic carbocycles. The monoisotopic (exact) mass is 484 g/mol. The van der Waals surface area contributed by atoms with Gasteiger partial charge in [-0.25, -0.2) is 4.98 Å². The summed E-state index contributed by atoms with van der Waals surface area (Å²) >= 11 is 1.05. The number of allylic oxidation sites excluding steroid dienone is 2. The Kier molecular flexibility index (Phi) is 6.30. The van der Waals surface area contributed by atoms with Gasteiger partial charge in [0.1, 0.15) is 5.82 Å². The highest BCUT2D eigenvalue weighted by molar-refractivity contribution is 7.99. The Morgan fingerprint density at radius 2 is 1.97 bits per heavy atom. The molecule has 0 saturated heterocycles. The Morgan fingerprint density at radius 3 is 2.62 bits per heavy atom. The Hall–Kier alpha value is -3.47. The van der Waals surface area contributed by atoms with Gasteiger partial charge in [-0.05, 0) is 24.3 Å². The summed E-state index contributed by atoms with van der Waals surface area (Å²) in [4.78, 5) is 56.0. The van der Waals surface area contributed by atoms with Crippen LogP contribution >= 0.6 is 11.8 Å². The molecule has 0 amide bonds. The number of nitro benzene ring substituents is 1. The SMILES string of the molecule is CCOC(=O)CSc1nc2c(c(=O)[nH]1)C(c1ccc([N+](=O)[O-])cc1)C1=C(CC(C)(C)CC1=O)N2. The van der Waals surface area contributed by atoms with Crippen molar-refractivity contribution in [2.45, 2.75) is 44.7 Å². The molecule has 1 unspecified atom stereocenters. The number of esters is 1. The number of ketones is 1. The van der Waals surface area contributed by atoms with E-state index in [1.807, 2.05) is 13.8 Å². The summed E-state index contributed by atoms with van der Waals surface area (Å²) in [7, 11) is 0. The van der Waals surface area contributed by atoms with Crippen molar-refractivity contribution < 1.29 is 19.2 Å². The topological polar surface area (TPSA) is 144 Å². The van der Waals surface area contributed by atoms with Crippen LogP contribution in [0.2, 0.25) is 0 Å². The zero-order chi connectivity index (χ0) is 24.6. The number of benzene rings is 1. The van der Waals surface area contributed by atoms with Gasteiger partial charge in [-0.15, -0.1) is 0 Å². The quantitative estimate of drug-likeness (QED) is 0.207. The van der Waals surface area contributed by atoms with E-state index in [1.165, 1.54) is 12.1 Å². The number of anilines is 1. The third-order valence-corrected chi connectivity index (χ3v) is 6.62. The number of non-ortho nitro benzene ring substituents is 1. The van der Waals surface area contributed by atoms with Gasteiger partial charge in [0.15, 0.2) is 10.9 Å². The van der Waals surface area contributed by atoms with E-state index in [0.29, 0.717) is 35.5 Å². The van der Waals surface area contributed by atoms with Crippen LogP contribution in [0.15, 0.2) is 45.5 Å². The molecule has 10 nitrogen and oxygen atoms in total. The van der Waals surface area contributed by atoms with Crippen molar-refractivity contribution in [3.05, 3.63) is 67.1 Å². The largest absolute Gasteiger partial charge is 0.465 e. The van der Waals surface area contributed by atoms with E-state index < -0.39 is 22.4 Å². The predicted molar refractivity (Wildman–Crippen MR) is 126 cm³/mol. The van der Waals surface area contributed by atoms with Crippen molar-refractivity contribution in [1.29, 1.82) is 0 Å². The van der Waals surface area contributed by atoms with Gasteiger partial charge in [-0.2, -0.15) is 0 Å². The van der Waals surface area contributed by atoms with E-state index in [2.05, 4.69) is 15.3 Å². The molecule has 178 valence electrons. The number of rotatable bonds is 6. The van der Waals surface area contributed by atoms with Crippen molar-refractivity contribution in [3.63, 3.8) is 0 Å². The van der Waals surface area contributed by atoms with Gasteiger partial charge < -0.3 is 15.0 Å². The molecule has 0 fully saturated rings. The van der Waals surface area contributed by atoms with Gasteiger partial charge in [-0.3, -0.25) is 24.5 Å². The minimum absolute atomic E-state index is 0.0131. The summed E-state index contributed by atoms with van der Waals surface area (Å²) in [5, 5.41) is 14.6. The first-order chi connectivity index (χ1) is 16.1. The molecule has 4 rings (SSSR count). The Balaban J connectivity index is 1.81. The summed E-state index contributed by atoms with van der Waals surface area (Å²) in [6, 6.07) is 5.86. The van der Waals surface area contributed by atoms with Crippen molar-refractivity contribution >= 4 is 35.0 Å². The fourth-order valence-corrected chi connectivity index (χ4v) is 5.07. The number of aromatic amines is 1. The predicted octanol–water partition coefficient (Wildman–Crippen LogP) is 3.53. The van der Waals surface area contributed by atoms with Crippen LogP contribution in [0.3, 0.4) is 0 Å². The third kappa shape index (κ3) is 4.60. The molecular formula is C23H24N4O6S. The highest BCUT2D eigenvalue weighted by Gasteiger charge is 2.42. The lowest BCUT2D eigenvalue weighted by Crippen LogP contribution is -2.37. The van der Waals surface area contributed by atoms with Crippen molar-refractivity contribution in [1.82, 2.24) is 9.97 Å². The zero-order valence-electron chi connectivity index (χ0n) is 19.0. The third-order valence-electron chi connectivity index (χ3n) is 5.77. The van der Waals surface area contributed by atoms with Crippen molar-refractivity contribution in [3.8, 4) is 0 Å². The first-order valence-corrected chi connectivity index (χ1v) is 11.8. The maximum atomic E-state index is 13.2. The number of fused-ring (bicyclic) bond motifs is 1. The number of hydrogen-bond donors (Lipinski definition) is 2.